The first-order valence-corrected chi connectivity index (χ1v) is 6.11. The van der Waals surface area contributed by atoms with Crippen molar-refractivity contribution in [2.75, 3.05) is 13.7 Å². The maximum Gasteiger partial charge on any atom is 0.408 e. The SMILES string of the molecule is C=CCOC(=O)NC(Cc1cccc(OC)c1O)C(=O)O. The average Bonchev–Trinajstić information content (AvgIpc) is 2.46. The lowest BCUT2D eigenvalue weighted by Crippen LogP contribution is -2.42. The van der Waals surface area contributed by atoms with Crippen LogP contribution in [0.15, 0.2) is 30.9 Å². The Morgan fingerprint density at radius 2 is 2.19 bits per heavy atom. The van der Waals surface area contributed by atoms with E-state index in [1.807, 2.05) is 0 Å². The molecule has 0 aliphatic carbocycles. The number of methoxy groups -OCH3 is 1. The summed E-state index contributed by atoms with van der Waals surface area (Å²) in [6, 6.07) is 3.47. The second kappa shape index (κ2) is 7.78. The Hall–Kier alpha value is -2.70. The molecule has 0 aromatic heterocycles. The second-order valence-corrected chi connectivity index (χ2v) is 4.09. The molecule has 1 aromatic carbocycles. The Labute approximate surface area is 121 Å². The van der Waals surface area contributed by atoms with Gasteiger partial charge in [-0.25, -0.2) is 9.59 Å². The van der Waals surface area contributed by atoms with Crippen molar-refractivity contribution in [3.05, 3.63) is 36.4 Å². The minimum absolute atomic E-state index is 0.0252. The first kappa shape index (κ1) is 16.4. The predicted molar refractivity (Wildman–Crippen MR) is 74.5 cm³/mol. The Balaban J connectivity index is 2.82. The van der Waals surface area contributed by atoms with Crippen LogP contribution in [0.2, 0.25) is 0 Å². The number of phenols is 1. The summed E-state index contributed by atoms with van der Waals surface area (Å²) in [7, 11) is 1.39. The van der Waals surface area contributed by atoms with E-state index in [1.165, 1.54) is 13.2 Å². The summed E-state index contributed by atoms with van der Waals surface area (Å²) in [6.45, 7) is 3.35. The number of rotatable bonds is 7. The van der Waals surface area contributed by atoms with Gasteiger partial charge in [0.1, 0.15) is 12.6 Å². The van der Waals surface area contributed by atoms with Crippen molar-refractivity contribution in [2.24, 2.45) is 0 Å². The maximum atomic E-state index is 11.4. The predicted octanol–water partition coefficient (Wildman–Crippen LogP) is 1.31. The van der Waals surface area contributed by atoms with Gasteiger partial charge in [-0.3, -0.25) is 0 Å². The third-order valence-corrected chi connectivity index (χ3v) is 2.65. The number of para-hydroxylation sites is 1. The van der Waals surface area contributed by atoms with Crippen molar-refractivity contribution in [2.45, 2.75) is 12.5 Å². The summed E-state index contributed by atoms with van der Waals surface area (Å²) < 4.78 is 9.61. The van der Waals surface area contributed by atoms with E-state index in [1.54, 1.807) is 18.2 Å². The standard InChI is InChI=1S/C14H17NO6/c1-3-7-21-14(19)15-10(13(17)18)8-9-5-4-6-11(20-2)12(9)16/h3-6,10,16H,1,7-8H2,2H3,(H,15,19)(H,17,18). The Morgan fingerprint density at radius 3 is 2.76 bits per heavy atom. The fraction of sp³-hybridized carbons (Fsp3) is 0.286. The van der Waals surface area contributed by atoms with E-state index in [2.05, 4.69) is 16.6 Å². The molecule has 0 saturated carbocycles. The summed E-state index contributed by atoms with van der Waals surface area (Å²) in [5.41, 5.74) is 0.339. The molecule has 1 aromatic rings. The number of hydrogen-bond donors (Lipinski definition) is 3. The zero-order valence-corrected chi connectivity index (χ0v) is 11.5. The highest BCUT2D eigenvalue weighted by atomic mass is 16.5. The highest BCUT2D eigenvalue weighted by Gasteiger charge is 2.23. The summed E-state index contributed by atoms with van der Waals surface area (Å²) in [5.74, 6) is -1.17. The van der Waals surface area contributed by atoms with Crippen LogP contribution in [0.5, 0.6) is 11.5 Å². The second-order valence-electron chi connectivity index (χ2n) is 4.09. The van der Waals surface area contributed by atoms with E-state index in [4.69, 9.17) is 9.84 Å². The van der Waals surface area contributed by atoms with Crippen LogP contribution in [0.4, 0.5) is 4.79 Å². The minimum Gasteiger partial charge on any atom is -0.504 e. The van der Waals surface area contributed by atoms with Gasteiger partial charge >= 0.3 is 12.1 Å². The molecule has 0 heterocycles. The van der Waals surface area contributed by atoms with Crippen molar-refractivity contribution in [3.8, 4) is 11.5 Å². The van der Waals surface area contributed by atoms with Crippen LogP contribution < -0.4 is 10.1 Å². The molecule has 21 heavy (non-hydrogen) atoms. The molecule has 1 unspecified atom stereocenters. The van der Waals surface area contributed by atoms with Gasteiger partial charge in [-0.2, -0.15) is 0 Å². The van der Waals surface area contributed by atoms with Crippen molar-refractivity contribution in [1.29, 1.82) is 0 Å². The van der Waals surface area contributed by atoms with Crippen molar-refractivity contribution in [3.63, 3.8) is 0 Å². The topological polar surface area (TPSA) is 105 Å². The lowest BCUT2D eigenvalue weighted by atomic mass is 10.0. The van der Waals surface area contributed by atoms with Crippen molar-refractivity contribution >= 4 is 12.1 Å². The van der Waals surface area contributed by atoms with Crippen LogP contribution in [-0.2, 0) is 16.0 Å². The van der Waals surface area contributed by atoms with Gasteiger partial charge in [0.15, 0.2) is 11.5 Å². The van der Waals surface area contributed by atoms with Gasteiger partial charge in [0.2, 0.25) is 0 Å². The monoisotopic (exact) mass is 295 g/mol. The molecule has 0 bridgehead atoms. The van der Waals surface area contributed by atoms with Gasteiger partial charge in [-0.05, 0) is 6.07 Å². The zero-order valence-electron chi connectivity index (χ0n) is 11.5. The molecule has 7 heteroatoms. The number of phenolic OH excluding ortho intramolecular Hbond substituents is 1. The smallest absolute Gasteiger partial charge is 0.408 e. The highest BCUT2D eigenvalue weighted by molar-refractivity contribution is 5.80. The molecule has 0 aliphatic heterocycles. The number of ether oxygens (including phenoxy) is 2. The summed E-state index contributed by atoms with van der Waals surface area (Å²) in [4.78, 5) is 22.6. The third kappa shape index (κ3) is 4.72. The molecule has 1 rings (SSSR count). The molecule has 1 amide bonds. The molecule has 0 saturated heterocycles. The van der Waals surface area contributed by atoms with Crippen LogP contribution in [0.25, 0.3) is 0 Å². The van der Waals surface area contributed by atoms with E-state index in [9.17, 15) is 14.7 Å². The van der Waals surface area contributed by atoms with Crippen LogP contribution in [0, 0.1) is 0 Å². The average molecular weight is 295 g/mol. The van der Waals surface area contributed by atoms with E-state index in [0.29, 0.717) is 5.56 Å². The molecule has 7 nitrogen and oxygen atoms in total. The first-order valence-electron chi connectivity index (χ1n) is 6.11. The number of hydrogen-bond acceptors (Lipinski definition) is 5. The number of carbonyl (C=O) groups is 2. The first-order chi connectivity index (χ1) is 9.99. The molecule has 114 valence electrons. The van der Waals surface area contributed by atoms with Gasteiger partial charge in [-0.1, -0.05) is 24.8 Å². The Kier molecular flexibility index (Phi) is 6.06. The van der Waals surface area contributed by atoms with Crippen molar-refractivity contribution < 1.29 is 29.3 Å². The molecule has 3 N–H and O–H groups in total. The normalized spacial score (nSPS) is 11.3. The molecule has 1 atom stereocenters. The van der Waals surface area contributed by atoms with E-state index >= 15 is 0 Å². The zero-order chi connectivity index (χ0) is 15.8. The van der Waals surface area contributed by atoms with Crippen molar-refractivity contribution in [1.82, 2.24) is 5.32 Å². The number of carboxylic acid groups (broad SMARTS) is 1. The van der Waals surface area contributed by atoms with Gasteiger partial charge < -0.3 is 25.0 Å². The summed E-state index contributed by atoms with van der Waals surface area (Å²) >= 11 is 0. The number of aromatic hydroxyl groups is 1. The van der Waals surface area contributed by atoms with Crippen LogP contribution in [0.3, 0.4) is 0 Å². The molecular weight excluding hydrogens is 278 g/mol. The summed E-state index contributed by atoms with van der Waals surface area (Å²) in [5, 5.41) is 21.2. The van der Waals surface area contributed by atoms with Gasteiger partial charge in [0.05, 0.1) is 7.11 Å². The minimum atomic E-state index is -1.24. The number of nitrogens with one attached hydrogen (secondary N) is 1. The number of amides is 1. The molecule has 0 aliphatic rings. The highest BCUT2D eigenvalue weighted by Crippen LogP contribution is 2.30. The van der Waals surface area contributed by atoms with Gasteiger partial charge in [-0.15, -0.1) is 0 Å². The quantitative estimate of drug-likeness (QED) is 0.655. The molecule has 0 fully saturated rings. The van der Waals surface area contributed by atoms with Gasteiger partial charge in [0, 0.05) is 12.0 Å². The number of benzene rings is 1. The largest absolute Gasteiger partial charge is 0.504 e. The number of aliphatic carboxylic acids is 1. The molecule has 0 spiro atoms. The van der Waals surface area contributed by atoms with Gasteiger partial charge in [0.25, 0.3) is 0 Å². The van der Waals surface area contributed by atoms with Crippen LogP contribution in [0.1, 0.15) is 5.56 Å². The Bertz CT molecular complexity index is 528. The fourth-order valence-electron chi connectivity index (χ4n) is 1.64. The summed E-state index contributed by atoms with van der Waals surface area (Å²) in [6.07, 6.45) is 0.384. The third-order valence-electron chi connectivity index (χ3n) is 2.65. The van der Waals surface area contributed by atoms with E-state index in [-0.39, 0.29) is 24.5 Å². The number of carbonyl (C=O) groups excluding carboxylic acids is 1. The maximum absolute atomic E-state index is 11.4. The lowest BCUT2D eigenvalue weighted by Gasteiger charge is -2.15. The van der Waals surface area contributed by atoms with Crippen LogP contribution in [-0.4, -0.2) is 42.0 Å². The molecular formula is C14H17NO6. The Morgan fingerprint density at radius 1 is 1.48 bits per heavy atom. The lowest BCUT2D eigenvalue weighted by molar-refractivity contribution is -0.139. The molecule has 0 radical (unpaired) electrons. The fourth-order valence-corrected chi connectivity index (χ4v) is 1.64. The van der Waals surface area contributed by atoms with Crippen LogP contribution >= 0.6 is 0 Å². The van der Waals surface area contributed by atoms with E-state index < -0.39 is 18.1 Å². The number of alkyl carbamates (subject to hydrolysis) is 1. The number of carboxylic acids is 1. The van der Waals surface area contributed by atoms with E-state index in [0.717, 1.165) is 0 Å².